The molecule has 1 atom stereocenters. The van der Waals surface area contributed by atoms with Gasteiger partial charge in [0.15, 0.2) is 5.78 Å². The standard InChI is InChI=1S/C15H16N4O2/c1-9(20)10-2-5-12(6-3-10)16-15(21)11-4-7-13-14(8-11)18-19-17-13/h2-3,5-6,11H,4,7-8H2,1H3,(H,16,21)(H,17,18,19). The maximum absolute atomic E-state index is 12.3. The summed E-state index contributed by atoms with van der Waals surface area (Å²) in [5, 5.41) is 13.6. The van der Waals surface area contributed by atoms with Crippen LogP contribution >= 0.6 is 0 Å². The third-order valence-corrected chi connectivity index (χ3v) is 3.80. The van der Waals surface area contributed by atoms with Crippen LogP contribution in [0.15, 0.2) is 24.3 Å². The van der Waals surface area contributed by atoms with E-state index in [0.29, 0.717) is 17.7 Å². The van der Waals surface area contributed by atoms with Gasteiger partial charge in [0.25, 0.3) is 0 Å². The number of anilines is 1. The van der Waals surface area contributed by atoms with E-state index in [1.807, 2.05) is 0 Å². The summed E-state index contributed by atoms with van der Waals surface area (Å²) in [5.41, 5.74) is 3.19. The number of aryl methyl sites for hydroxylation is 1. The fraction of sp³-hybridized carbons (Fsp3) is 0.333. The van der Waals surface area contributed by atoms with Gasteiger partial charge in [0.2, 0.25) is 5.91 Å². The summed E-state index contributed by atoms with van der Waals surface area (Å²) in [7, 11) is 0. The molecule has 0 fully saturated rings. The number of hydrogen-bond donors (Lipinski definition) is 2. The first-order valence-corrected chi connectivity index (χ1v) is 6.94. The van der Waals surface area contributed by atoms with Gasteiger partial charge in [0, 0.05) is 23.6 Å². The van der Waals surface area contributed by atoms with Gasteiger partial charge in [0.1, 0.15) is 0 Å². The van der Waals surface area contributed by atoms with Crippen LogP contribution in [0.3, 0.4) is 0 Å². The molecule has 6 nitrogen and oxygen atoms in total. The third-order valence-electron chi connectivity index (χ3n) is 3.80. The van der Waals surface area contributed by atoms with Crippen LogP contribution < -0.4 is 5.32 Å². The van der Waals surface area contributed by atoms with E-state index in [1.54, 1.807) is 24.3 Å². The van der Waals surface area contributed by atoms with Crippen molar-refractivity contribution >= 4 is 17.4 Å². The van der Waals surface area contributed by atoms with Crippen LogP contribution in [-0.4, -0.2) is 27.1 Å². The second-order valence-corrected chi connectivity index (χ2v) is 5.28. The van der Waals surface area contributed by atoms with Gasteiger partial charge >= 0.3 is 0 Å². The Morgan fingerprint density at radius 1 is 1.19 bits per heavy atom. The van der Waals surface area contributed by atoms with Crippen LogP contribution in [0.2, 0.25) is 0 Å². The van der Waals surface area contributed by atoms with Crippen LogP contribution in [0.25, 0.3) is 0 Å². The molecule has 1 aromatic carbocycles. The van der Waals surface area contributed by atoms with Crippen molar-refractivity contribution in [2.75, 3.05) is 5.32 Å². The number of ketones is 1. The van der Waals surface area contributed by atoms with Crippen molar-refractivity contribution < 1.29 is 9.59 Å². The number of benzene rings is 1. The molecular weight excluding hydrogens is 268 g/mol. The minimum absolute atomic E-state index is 0.0127. The largest absolute Gasteiger partial charge is 0.326 e. The lowest BCUT2D eigenvalue weighted by Crippen LogP contribution is -2.28. The lowest BCUT2D eigenvalue weighted by atomic mass is 9.89. The maximum atomic E-state index is 12.3. The van der Waals surface area contributed by atoms with Crippen molar-refractivity contribution in [2.45, 2.75) is 26.2 Å². The highest BCUT2D eigenvalue weighted by Crippen LogP contribution is 2.23. The summed E-state index contributed by atoms with van der Waals surface area (Å²) in [4.78, 5) is 23.5. The SMILES string of the molecule is CC(=O)c1ccc(NC(=O)C2CCc3n[nH]nc3C2)cc1. The molecular formula is C15H16N4O2. The molecule has 0 saturated heterocycles. The van der Waals surface area contributed by atoms with E-state index >= 15 is 0 Å². The predicted molar refractivity (Wildman–Crippen MR) is 77.0 cm³/mol. The average Bonchev–Trinajstić information content (AvgIpc) is 2.95. The van der Waals surface area contributed by atoms with E-state index in [4.69, 9.17) is 0 Å². The third kappa shape index (κ3) is 2.84. The fourth-order valence-corrected chi connectivity index (χ4v) is 2.54. The molecule has 1 aliphatic rings. The monoisotopic (exact) mass is 284 g/mol. The highest BCUT2D eigenvalue weighted by Gasteiger charge is 2.27. The zero-order chi connectivity index (χ0) is 14.8. The van der Waals surface area contributed by atoms with E-state index in [1.165, 1.54) is 6.92 Å². The molecule has 0 spiro atoms. The number of aromatic nitrogens is 3. The zero-order valence-electron chi connectivity index (χ0n) is 11.7. The second kappa shape index (κ2) is 5.47. The van der Waals surface area contributed by atoms with Crippen molar-refractivity contribution in [1.82, 2.24) is 15.4 Å². The molecule has 1 amide bonds. The van der Waals surface area contributed by atoms with Gasteiger partial charge in [-0.25, -0.2) is 0 Å². The topological polar surface area (TPSA) is 87.7 Å². The summed E-state index contributed by atoms with van der Waals surface area (Å²) in [6.07, 6.45) is 2.16. The number of carbonyl (C=O) groups is 2. The quantitative estimate of drug-likeness (QED) is 0.840. The molecule has 108 valence electrons. The number of carbonyl (C=O) groups excluding carboxylic acids is 2. The highest BCUT2D eigenvalue weighted by molar-refractivity contribution is 5.96. The molecule has 0 bridgehead atoms. The molecule has 0 radical (unpaired) electrons. The van der Waals surface area contributed by atoms with E-state index in [0.717, 1.165) is 24.2 Å². The van der Waals surface area contributed by atoms with Gasteiger partial charge in [-0.1, -0.05) is 0 Å². The minimum atomic E-state index is -0.0879. The van der Waals surface area contributed by atoms with Crippen molar-refractivity contribution in [3.05, 3.63) is 41.2 Å². The smallest absolute Gasteiger partial charge is 0.227 e. The summed E-state index contributed by atoms with van der Waals surface area (Å²) in [6, 6.07) is 6.93. The number of H-pyrrole nitrogens is 1. The molecule has 6 heteroatoms. The molecule has 1 heterocycles. The number of nitrogens with one attached hydrogen (secondary N) is 2. The number of aromatic amines is 1. The van der Waals surface area contributed by atoms with Crippen LogP contribution in [0, 0.1) is 5.92 Å². The van der Waals surface area contributed by atoms with Crippen molar-refractivity contribution in [3.8, 4) is 0 Å². The molecule has 2 aromatic rings. The van der Waals surface area contributed by atoms with Gasteiger partial charge in [-0.3, -0.25) is 9.59 Å². The molecule has 0 saturated carbocycles. The lowest BCUT2D eigenvalue weighted by molar-refractivity contribution is -0.120. The number of fused-ring (bicyclic) bond motifs is 1. The number of rotatable bonds is 3. The lowest BCUT2D eigenvalue weighted by Gasteiger charge is -2.19. The normalized spacial score (nSPS) is 17.1. The Morgan fingerprint density at radius 2 is 1.90 bits per heavy atom. The van der Waals surface area contributed by atoms with Gasteiger partial charge < -0.3 is 5.32 Å². The summed E-state index contributed by atoms with van der Waals surface area (Å²) < 4.78 is 0. The van der Waals surface area contributed by atoms with Gasteiger partial charge in [-0.15, -0.1) is 0 Å². The van der Waals surface area contributed by atoms with Crippen LogP contribution in [0.1, 0.15) is 35.1 Å². The predicted octanol–water partition coefficient (Wildman–Crippen LogP) is 1.75. The first kappa shape index (κ1) is 13.5. The van der Waals surface area contributed by atoms with Crippen molar-refractivity contribution in [1.29, 1.82) is 0 Å². The van der Waals surface area contributed by atoms with Crippen LogP contribution in [-0.2, 0) is 17.6 Å². The average molecular weight is 284 g/mol. The Morgan fingerprint density at radius 3 is 2.62 bits per heavy atom. The minimum Gasteiger partial charge on any atom is -0.326 e. The molecule has 2 N–H and O–H groups in total. The van der Waals surface area contributed by atoms with Gasteiger partial charge in [0.05, 0.1) is 11.4 Å². The second-order valence-electron chi connectivity index (χ2n) is 5.28. The Labute approximate surface area is 121 Å². The summed E-state index contributed by atoms with van der Waals surface area (Å²) >= 11 is 0. The highest BCUT2D eigenvalue weighted by atomic mass is 16.2. The van der Waals surface area contributed by atoms with E-state index in [9.17, 15) is 9.59 Å². The Hall–Kier alpha value is -2.50. The molecule has 1 aromatic heterocycles. The fourth-order valence-electron chi connectivity index (χ4n) is 2.54. The first-order chi connectivity index (χ1) is 10.1. The molecule has 0 aliphatic heterocycles. The van der Waals surface area contributed by atoms with Crippen molar-refractivity contribution in [2.24, 2.45) is 5.92 Å². The van der Waals surface area contributed by atoms with E-state index < -0.39 is 0 Å². The number of hydrogen-bond acceptors (Lipinski definition) is 4. The Bertz CT molecular complexity index is 675. The maximum Gasteiger partial charge on any atom is 0.227 e. The van der Waals surface area contributed by atoms with Gasteiger partial charge in [-0.2, -0.15) is 15.4 Å². The van der Waals surface area contributed by atoms with Gasteiger partial charge in [-0.05, 0) is 44.0 Å². The van der Waals surface area contributed by atoms with E-state index in [-0.39, 0.29) is 17.6 Å². The summed E-state index contributed by atoms with van der Waals surface area (Å²) in [5.74, 6) is -0.0898. The zero-order valence-corrected chi connectivity index (χ0v) is 11.7. The number of Topliss-reactive ketones (excluding diaryl/α,β-unsaturated/α-hetero) is 1. The van der Waals surface area contributed by atoms with E-state index in [2.05, 4.69) is 20.7 Å². The summed E-state index contributed by atoms with van der Waals surface area (Å²) in [6.45, 7) is 1.52. The number of nitrogens with zero attached hydrogens (tertiary/aromatic N) is 2. The number of amides is 1. The first-order valence-electron chi connectivity index (χ1n) is 6.94. The van der Waals surface area contributed by atoms with Crippen LogP contribution in [0.4, 0.5) is 5.69 Å². The molecule has 1 unspecified atom stereocenters. The van der Waals surface area contributed by atoms with Crippen molar-refractivity contribution in [3.63, 3.8) is 0 Å². The Kier molecular flexibility index (Phi) is 3.51. The Balaban J connectivity index is 1.65. The molecule has 1 aliphatic carbocycles. The molecule has 3 rings (SSSR count). The molecule has 21 heavy (non-hydrogen) atoms. The van der Waals surface area contributed by atoms with Crippen LogP contribution in [0.5, 0.6) is 0 Å².